The summed E-state index contributed by atoms with van der Waals surface area (Å²) in [5, 5.41) is 2.45. The first-order chi connectivity index (χ1) is 15.0. The third kappa shape index (κ3) is 4.28. The van der Waals surface area contributed by atoms with Crippen molar-refractivity contribution in [2.24, 2.45) is 0 Å². The molecule has 0 bridgehead atoms. The summed E-state index contributed by atoms with van der Waals surface area (Å²) in [7, 11) is 1.53. The molecule has 160 valence electrons. The van der Waals surface area contributed by atoms with Crippen LogP contribution in [0.5, 0.6) is 5.75 Å². The summed E-state index contributed by atoms with van der Waals surface area (Å²) >= 11 is 5.16. The van der Waals surface area contributed by atoms with Gasteiger partial charge in [0.1, 0.15) is 17.1 Å². The maximum Gasteiger partial charge on any atom is 0.270 e. The molecule has 0 atom stereocenters. The van der Waals surface area contributed by atoms with Crippen molar-refractivity contribution in [3.63, 3.8) is 0 Å². The van der Waals surface area contributed by atoms with Gasteiger partial charge < -0.3 is 14.4 Å². The lowest BCUT2D eigenvalue weighted by Crippen LogP contribution is -2.54. The van der Waals surface area contributed by atoms with Crippen molar-refractivity contribution in [2.45, 2.75) is 0 Å². The van der Waals surface area contributed by atoms with Crippen molar-refractivity contribution in [3.05, 3.63) is 59.4 Å². The third-order valence-corrected chi connectivity index (χ3v) is 5.36. The topological polar surface area (TPSA) is 71.1 Å². The molecule has 0 unspecified atom stereocenters. The number of anilines is 2. The van der Waals surface area contributed by atoms with Crippen LogP contribution in [0.25, 0.3) is 6.08 Å². The van der Waals surface area contributed by atoms with Crippen LogP contribution in [0.3, 0.4) is 0 Å². The van der Waals surface area contributed by atoms with Gasteiger partial charge in [-0.25, -0.2) is 4.39 Å². The van der Waals surface area contributed by atoms with E-state index in [1.54, 1.807) is 6.07 Å². The van der Waals surface area contributed by atoms with Crippen molar-refractivity contribution in [3.8, 4) is 5.75 Å². The molecule has 2 saturated heterocycles. The van der Waals surface area contributed by atoms with Crippen LogP contribution in [-0.4, -0.2) is 50.3 Å². The van der Waals surface area contributed by atoms with E-state index < -0.39 is 17.6 Å². The lowest BCUT2D eigenvalue weighted by Gasteiger charge is -2.30. The number of rotatable bonds is 4. The van der Waals surface area contributed by atoms with Gasteiger partial charge in [-0.15, -0.1) is 0 Å². The minimum absolute atomic E-state index is 0.0617. The maximum absolute atomic E-state index is 13.3. The highest BCUT2D eigenvalue weighted by atomic mass is 32.1. The molecule has 2 aliphatic heterocycles. The molecule has 2 heterocycles. The van der Waals surface area contributed by atoms with Gasteiger partial charge in [0.2, 0.25) is 0 Å². The zero-order chi connectivity index (χ0) is 22.0. The van der Waals surface area contributed by atoms with E-state index in [9.17, 15) is 14.0 Å². The molecule has 1 N–H and O–H groups in total. The molecule has 2 aromatic carbocycles. The predicted octanol–water partition coefficient (Wildman–Crippen LogP) is 2.50. The van der Waals surface area contributed by atoms with Crippen LogP contribution in [-0.2, 0) is 14.3 Å². The van der Waals surface area contributed by atoms with E-state index in [2.05, 4.69) is 10.2 Å². The zero-order valence-corrected chi connectivity index (χ0v) is 17.6. The second-order valence-corrected chi connectivity index (χ2v) is 7.35. The Kier molecular flexibility index (Phi) is 5.97. The molecule has 9 heteroatoms. The van der Waals surface area contributed by atoms with Gasteiger partial charge in [-0.2, -0.15) is 0 Å². The molecule has 2 aromatic rings. The highest BCUT2D eigenvalue weighted by Gasteiger charge is 2.34. The van der Waals surface area contributed by atoms with Gasteiger partial charge in [-0.05, 0) is 54.7 Å². The van der Waals surface area contributed by atoms with E-state index in [1.807, 2.05) is 12.1 Å². The molecular weight excluding hydrogens is 421 g/mol. The van der Waals surface area contributed by atoms with Crippen LogP contribution in [0.15, 0.2) is 48.0 Å². The number of hydrogen-bond acceptors (Lipinski definition) is 6. The number of nitrogens with zero attached hydrogens (tertiary/aromatic N) is 2. The number of thiocarbonyl (C=S) groups is 1. The van der Waals surface area contributed by atoms with E-state index in [4.69, 9.17) is 21.7 Å². The van der Waals surface area contributed by atoms with Crippen molar-refractivity contribution >= 4 is 46.6 Å². The number of carbonyl (C=O) groups excluding carboxylic acids is 2. The third-order valence-electron chi connectivity index (χ3n) is 5.08. The fourth-order valence-corrected chi connectivity index (χ4v) is 3.76. The van der Waals surface area contributed by atoms with Crippen LogP contribution in [0.2, 0.25) is 0 Å². The SMILES string of the molecule is COc1cc(N2CCOCC2)ccc1C=C1C(=O)NC(=S)N(c2ccc(F)cc2)C1=O. The summed E-state index contributed by atoms with van der Waals surface area (Å²) in [6, 6.07) is 10.9. The van der Waals surface area contributed by atoms with Gasteiger partial charge >= 0.3 is 0 Å². The monoisotopic (exact) mass is 441 g/mol. The first-order valence-corrected chi connectivity index (χ1v) is 10.1. The van der Waals surface area contributed by atoms with E-state index >= 15 is 0 Å². The molecule has 0 spiro atoms. The number of methoxy groups -OCH3 is 1. The number of morpholine rings is 1. The van der Waals surface area contributed by atoms with E-state index in [0.717, 1.165) is 23.7 Å². The smallest absolute Gasteiger partial charge is 0.270 e. The summed E-state index contributed by atoms with van der Waals surface area (Å²) in [5.41, 5.74) is 1.80. The summed E-state index contributed by atoms with van der Waals surface area (Å²) in [6.07, 6.45) is 1.47. The van der Waals surface area contributed by atoms with Gasteiger partial charge in [0.25, 0.3) is 11.8 Å². The quantitative estimate of drug-likeness (QED) is 0.447. The van der Waals surface area contributed by atoms with E-state index in [0.29, 0.717) is 30.2 Å². The first-order valence-electron chi connectivity index (χ1n) is 9.65. The number of carbonyl (C=O) groups is 2. The largest absolute Gasteiger partial charge is 0.496 e. The second-order valence-electron chi connectivity index (χ2n) is 6.96. The fourth-order valence-electron chi connectivity index (χ4n) is 3.47. The van der Waals surface area contributed by atoms with Crippen LogP contribution >= 0.6 is 12.2 Å². The normalized spacial score (nSPS) is 18.4. The molecular formula is C22H20FN3O4S. The number of hydrogen-bond donors (Lipinski definition) is 1. The minimum Gasteiger partial charge on any atom is -0.496 e. The molecule has 2 aliphatic rings. The van der Waals surface area contributed by atoms with Crippen molar-refractivity contribution < 1.29 is 23.5 Å². The average molecular weight is 441 g/mol. The van der Waals surface area contributed by atoms with Gasteiger partial charge in [0.15, 0.2) is 5.11 Å². The first kappa shape index (κ1) is 21.0. The Hall–Kier alpha value is -3.30. The molecule has 2 fully saturated rings. The molecule has 7 nitrogen and oxygen atoms in total. The van der Waals surface area contributed by atoms with E-state index in [1.165, 1.54) is 37.5 Å². The maximum atomic E-state index is 13.3. The lowest BCUT2D eigenvalue weighted by molar-refractivity contribution is -0.122. The molecule has 0 aromatic heterocycles. The standard InChI is InChI=1S/C22H20FN3O4S/c1-29-19-13-17(25-8-10-30-11-9-25)5-2-14(19)12-18-20(27)24-22(31)26(21(18)28)16-6-3-15(23)4-7-16/h2-7,12-13H,8-11H2,1H3,(H,24,27,31). The number of benzene rings is 2. The number of halogens is 1. The van der Waals surface area contributed by atoms with Crippen molar-refractivity contribution in [2.75, 3.05) is 43.2 Å². The van der Waals surface area contributed by atoms with Gasteiger partial charge in [0, 0.05) is 30.4 Å². The summed E-state index contributed by atoms with van der Waals surface area (Å²) in [6.45, 7) is 2.85. The molecule has 2 amide bonds. The predicted molar refractivity (Wildman–Crippen MR) is 119 cm³/mol. The Balaban J connectivity index is 1.67. The zero-order valence-electron chi connectivity index (χ0n) is 16.8. The second kappa shape index (κ2) is 8.83. The van der Waals surface area contributed by atoms with E-state index in [-0.39, 0.29) is 10.7 Å². The summed E-state index contributed by atoms with van der Waals surface area (Å²) < 4.78 is 24.2. The van der Waals surface area contributed by atoms with Gasteiger partial charge in [-0.1, -0.05) is 0 Å². The molecule has 0 saturated carbocycles. The Labute approximate surface area is 184 Å². The molecule has 4 rings (SSSR count). The summed E-state index contributed by atoms with van der Waals surface area (Å²) in [5.74, 6) is -1.12. The highest BCUT2D eigenvalue weighted by Crippen LogP contribution is 2.29. The average Bonchev–Trinajstić information content (AvgIpc) is 2.78. The van der Waals surface area contributed by atoms with Crippen LogP contribution in [0, 0.1) is 5.82 Å². The fraction of sp³-hybridized carbons (Fsp3) is 0.227. The number of amides is 2. The van der Waals surface area contributed by atoms with Crippen molar-refractivity contribution in [1.82, 2.24) is 5.32 Å². The van der Waals surface area contributed by atoms with Gasteiger partial charge in [-0.3, -0.25) is 19.8 Å². The number of ether oxygens (including phenoxy) is 2. The molecule has 31 heavy (non-hydrogen) atoms. The lowest BCUT2D eigenvalue weighted by atomic mass is 10.1. The van der Waals surface area contributed by atoms with Crippen molar-refractivity contribution in [1.29, 1.82) is 0 Å². The van der Waals surface area contributed by atoms with Crippen LogP contribution < -0.4 is 19.9 Å². The summed E-state index contributed by atoms with van der Waals surface area (Å²) in [4.78, 5) is 29.0. The van der Waals surface area contributed by atoms with Gasteiger partial charge in [0.05, 0.1) is 26.0 Å². The minimum atomic E-state index is -0.604. The Morgan fingerprint density at radius 3 is 2.45 bits per heavy atom. The Bertz CT molecular complexity index is 1060. The van der Waals surface area contributed by atoms with Crippen LogP contribution in [0.4, 0.5) is 15.8 Å². The highest BCUT2D eigenvalue weighted by molar-refractivity contribution is 7.80. The Morgan fingerprint density at radius 2 is 1.77 bits per heavy atom. The Morgan fingerprint density at radius 1 is 1.10 bits per heavy atom. The molecule has 0 radical (unpaired) electrons. The van der Waals surface area contributed by atoms with Crippen LogP contribution in [0.1, 0.15) is 5.56 Å². The number of nitrogens with one attached hydrogen (secondary N) is 1. The molecule has 0 aliphatic carbocycles.